The Morgan fingerprint density at radius 1 is 0.976 bits per heavy atom. The molecule has 3 aromatic carbocycles. The van der Waals surface area contributed by atoms with Crippen LogP contribution in [-0.4, -0.2) is 69.9 Å². The van der Waals surface area contributed by atoms with Gasteiger partial charge in [-0.15, -0.1) is 0 Å². The molecule has 2 N–H and O–H groups in total. The van der Waals surface area contributed by atoms with E-state index in [0.29, 0.717) is 26.3 Å². The zero-order valence-electron chi connectivity index (χ0n) is 24.3. The standard InChI is InChI=1S/C33H42N2O6/c1-23(2)40-26-10-12-28(13-11-26)41-27-8-6-25(7-9-27)33-30(36)20-34-21-32(33)39-22-24-5-14-31-29(19-24)35(16-18-38-31)15-4-17-37-3/h5-14,19,23,30,32-34,36H,4,15-18,20-22H2,1-3H3/t30-,32+,33+/m1/s1. The van der Waals surface area contributed by atoms with Gasteiger partial charge in [-0.05, 0) is 79.9 Å². The summed E-state index contributed by atoms with van der Waals surface area (Å²) >= 11 is 0. The quantitative estimate of drug-likeness (QED) is 0.294. The lowest BCUT2D eigenvalue weighted by Gasteiger charge is -2.36. The summed E-state index contributed by atoms with van der Waals surface area (Å²) in [4.78, 5) is 2.35. The van der Waals surface area contributed by atoms with Crippen molar-refractivity contribution in [1.82, 2.24) is 5.32 Å². The van der Waals surface area contributed by atoms with E-state index in [1.54, 1.807) is 7.11 Å². The molecule has 0 radical (unpaired) electrons. The maximum atomic E-state index is 11.0. The third-order valence-electron chi connectivity index (χ3n) is 7.43. The number of β-amino-alcohol motifs (C(OH)–C–C–N with tert-alkyl or cyclic N) is 1. The number of anilines is 1. The Balaban J connectivity index is 1.22. The van der Waals surface area contributed by atoms with Crippen LogP contribution in [0.4, 0.5) is 5.69 Å². The summed E-state index contributed by atoms with van der Waals surface area (Å²) in [6.07, 6.45) is 0.362. The molecule has 3 aromatic rings. The van der Waals surface area contributed by atoms with Crippen molar-refractivity contribution >= 4 is 5.69 Å². The van der Waals surface area contributed by atoms with Crippen LogP contribution in [0.2, 0.25) is 0 Å². The summed E-state index contributed by atoms with van der Waals surface area (Å²) in [5, 5.41) is 14.3. The van der Waals surface area contributed by atoms with Gasteiger partial charge in [0, 0.05) is 39.3 Å². The molecule has 8 heteroatoms. The average molecular weight is 563 g/mol. The lowest BCUT2D eigenvalue weighted by atomic mass is 9.85. The van der Waals surface area contributed by atoms with Gasteiger partial charge < -0.3 is 39.0 Å². The lowest BCUT2D eigenvalue weighted by Crippen LogP contribution is -2.49. The predicted molar refractivity (Wildman–Crippen MR) is 160 cm³/mol. The molecular weight excluding hydrogens is 520 g/mol. The average Bonchev–Trinajstić information content (AvgIpc) is 2.98. The molecule has 0 amide bonds. The first-order chi connectivity index (χ1) is 20.0. The predicted octanol–water partition coefficient (Wildman–Crippen LogP) is 5.13. The van der Waals surface area contributed by atoms with E-state index in [1.165, 1.54) is 0 Å². The maximum absolute atomic E-state index is 11.0. The first-order valence-corrected chi connectivity index (χ1v) is 14.5. The normalized spacial score (nSPS) is 20.4. The first kappa shape index (κ1) is 29.2. The van der Waals surface area contributed by atoms with Gasteiger partial charge in [0.05, 0.1) is 37.2 Å². The molecule has 0 unspecified atom stereocenters. The van der Waals surface area contributed by atoms with E-state index in [-0.39, 0.29) is 18.1 Å². The highest BCUT2D eigenvalue weighted by Gasteiger charge is 2.34. The molecule has 1 saturated heterocycles. The van der Waals surface area contributed by atoms with Crippen molar-refractivity contribution in [2.45, 2.75) is 51.1 Å². The van der Waals surface area contributed by atoms with Crippen LogP contribution in [0.5, 0.6) is 23.0 Å². The lowest BCUT2D eigenvalue weighted by molar-refractivity contribution is -0.0328. The number of aliphatic hydroxyl groups excluding tert-OH is 1. The molecule has 0 aromatic heterocycles. The minimum Gasteiger partial charge on any atom is -0.491 e. The summed E-state index contributed by atoms with van der Waals surface area (Å²) in [5.41, 5.74) is 3.21. The van der Waals surface area contributed by atoms with Crippen molar-refractivity contribution in [1.29, 1.82) is 0 Å². The Labute approximate surface area is 243 Å². The van der Waals surface area contributed by atoms with Crippen molar-refractivity contribution in [3.63, 3.8) is 0 Å². The molecule has 220 valence electrons. The summed E-state index contributed by atoms with van der Waals surface area (Å²) in [7, 11) is 1.74. The number of aliphatic hydroxyl groups is 1. The number of nitrogens with one attached hydrogen (secondary N) is 1. The van der Waals surface area contributed by atoms with Gasteiger partial charge in [-0.3, -0.25) is 0 Å². The Morgan fingerprint density at radius 3 is 2.44 bits per heavy atom. The highest BCUT2D eigenvalue weighted by molar-refractivity contribution is 5.61. The third-order valence-corrected chi connectivity index (χ3v) is 7.43. The molecule has 2 heterocycles. The van der Waals surface area contributed by atoms with E-state index in [2.05, 4.69) is 22.3 Å². The van der Waals surface area contributed by atoms with E-state index in [9.17, 15) is 5.11 Å². The second-order valence-corrected chi connectivity index (χ2v) is 10.9. The van der Waals surface area contributed by atoms with Crippen molar-refractivity contribution in [2.24, 2.45) is 0 Å². The van der Waals surface area contributed by atoms with Gasteiger partial charge in [0.25, 0.3) is 0 Å². The van der Waals surface area contributed by atoms with Crippen LogP contribution in [0.15, 0.2) is 66.7 Å². The van der Waals surface area contributed by atoms with E-state index < -0.39 is 6.10 Å². The van der Waals surface area contributed by atoms with E-state index in [0.717, 1.165) is 65.9 Å². The molecule has 0 bridgehead atoms. The van der Waals surface area contributed by atoms with Gasteiger partial charge in [-0.2, -0.15) is 0 Å². The van der Waals surface area contributed by atoms with Crippen LogP contribution in [0.25, 0.3) is 0 Å². The number of rotatable bonds is 12. The highest BCUT2D eigenvalue weighted by atomic mass is 16.5. The Kier molecular flexibility index (Phi) is 10.0. The fourth-order valence-electron chi connectivity index (χ4n) is 5.47. The van der Waals surface area contributed by atoms with Crippen LogP contribution < -0.4 is 24.4 Å². The zero-order valence-corrected chi connectivity index (χ0v) is 24.3. The monoisotopic (exact) mass is 562 g/mol. The number of hydrogen-bond donors (Lipinski definition) is 2. The Bertz CT molecular complexity index is 1230. The number of methoxy groups -OCH3 is 1. The van der Waals surface area contributed by atoms with E-state index in [4.69, 9.17) is 23.7 Å². The zero-order chi connectivity index (χ0) is 28.6. The van der Waals surface area contributed by atoms with Gasteiger partial charge in [0.1, 0.15) is 29.6 Å². The van der Waals surface area contributed by atoms with Crippen molar-refractivity contribution in [3.05, 3.63) is 77.9 Å². The second-order valence-electron chi connectivity index (χ2n) is 10.9. The number of fused-ring (bicyclic) bond motifs is 1. The largest absolute Gasteiger partial charge is 0.491 e. The van der Waals surface area contributed by atoms with Gasteiger partial charge in [0.15, 0.2) is 0 Å². The number of hydrogen-bond acceptors (Lipinski definition) is 8. The molecule has 41 heavy (non-hydrogen) atoms. The fourth-order valence-corrected chi connectivity index (χ4v) is 5.47. The van der Waals surface area contributed by atoms with Crippen molar-refractivity contribution in [3.8, 4) is 23.0 Å². The molecular formula is C33H42N2O6. The summed E-state index contributed by atoms with van der Waals surface area (Å²) < 4.78 is 29.3. The fraction of sp³-hybridized carbons (Fsp3) is 0.455. The SMILES string of the molecule is COCCCN1CCOc2ccc(CO[C@H]3CNC[C@@H](O)[C@@H]3c3ccc(Oc4ccc(OC(C)C)cc4)cc3)cc21. The minimum atomic E-state index is -0.553. The maximum Gasteiger partial charge on any atom is 0.142 e. The summed E-state index contributed by atoms with van der Waals surface area (Å²) in [6.45, 7) is 8.86. The van der Waals surface area contributed by atoms with E-state index >= 15 is 0 Å². The number of benzene rings is 3. The Morgan fingerprint density at radius 2 is 1.71 bits per heavy atom. The smallest absolute Gasteiger partial charge is 0.142 e. The third kappa shape index (κ3) is 7.71. The van der Waals surface area contributed by atoms with Gasteiger partial charge in [0.2, 0.25) is 0 Å². The topological polar surface area (TPSA) is 81.7 Å². The van der Waals surface area contributed by atoms with Crippen LogP contribution in [-0.2, 0) is 16.1 Å². The van der Waals surface area contributed by atoms with E-state index in [1.807, 2.05) is 68.4 Å². The molecule has 0 spiro atoms. The molecule has 2 aliphatic rings. The molecule has 1 fully saturated rings. The molecule has 0 saturated carbocycles. The number of nitrogens with zero attached hydrogens (tertiary/aromatic N) is 1. The molecule has 8 nitrogen and oxygen atoms in total. The van der Waals surface area contributed by atoms with Gasteiger partial charge >= 0.3 is 0 Å². The van der Waals surface area contributed by atoms with Crippen molar-refractivity contribution in [2.75, 3.05) is 51.4 Å². The number of ether oxygens (including phenoxy) is 5. The van der Waals surface area contributed by atoms with Crippen LogP contribution in [0.3, 0.4) is 0 Å². The van der Waals surface area contributed by atoms with Crippen LogP contribution >= 0.6 is 0 Å². The van der Waals surface area contributed by atoms with Gasteiger partial charge in [-0.25, -0.2) is 0 Å². The minimum absolute atomic E-state index is 0.127. The second kappa shape index (κ2) is 14.0. The van der Waals surface area contributed by atoms with Crippen LogP contribution in [0.1, 0.15) is 37.3 Å². The molecule has 3 atom stereocenters. The van der Waals surface area contributed by atoms with Crippen LogP contribution in [0, 0.1) is 0 Å². The van der Waals surface area contributed by atoms with Crippen molar-refractivity contribution < 1.29 is 28.8 Å². The highest BCUT2D eigenvalue weighted by Crippen LogP contribution is 2.35. The molecule has 0 aliphatic carbocycles. The molecule has 5 rings (SSSR count). The Hall–Kier alpha value is -3.30. The summed E-state index contributed by atoms with van der Waals surface area (Å²) in [6, 6.07) is 21.8. The molecule has 2 aliphatic heterocycles. The summed E-state index contributed by atoms with van der Waals surface area (Å²) in [5.74, 6) is 3.05. The van der Waals surface area contributed by atoms with Gasteiger partial charge in [-0.1, -0.05) is 18.2 Å². The number of piperidine rings is 1. The first-order valence-electron chi connectivity index (χ1n) is 14.5.